The van der Waals surface area contributed by atoms with E-state index in [9.17, 15) is 0 Å². The Balaban J connectivity index is 1.78. The van der Waals surface area contributed by atoms with Gasteiger partial charge in [-0.3, -0.25) is 0 Å². The highest BCUT2D eigenvalue weighted by atomic mass is 32.1. The molecular formula is C19H20N6OS. The van der Waals surface area contributed by atoms with Crippen molar-refractivity contribution in [3.05, 3.63) is 57.3 Å². The monoisotopic (exact) mass is 380 g/mol. The highest BCUT2D eigenvalue weighted by Crippen LogP contribution is 2.18. The van der Waals surface area contributed by atoms with Crippen LogP contribution in [0.2, 0.25) is 0 Å². The molecule has 0 aliphatic heterocycles. The van der Waals surface area contributed by atoms with Crippen molar-refractivity contribution in [2.75, 3.05) is 0 Å². The lowest BCUT2D eigenvalue weighted by Crippen LogP contribution is -2.12. The zero-order chi connectivity index (χ0) is 19.1. The summed E-state index contributed by atoms with van der Waals surface area (Å²) in [5.74, 6) is 6.74. The molecule has 0 atom stereocenters. The van der Waals surface area contributed by atoms with Crippen LogP contribution in [-0.2, 0) is 18.5 Å². The Bertz CT molecular complexity index is 981. The third-order valence-corrected chi connectivity index (χ3v) is 4.63. The lowest BCUT2D eigenvalue weighted by Gasteiger charge is -2.05. The normalized spacial score (nSPS) is 11.1. The molecule has 7 nitrogen and oxygen atoms in total. The van der Waals surface area contributed by atoms with Crippen molar-refractivity contribution in [2.24, 2.45) is 12.2 Å². The van der Waals surface area contributed by atoms with Crippen molar-refractivity contribution in [1.82, 2.24) is 25.2 Å². The molecule has 0 radical (unpaired) electrons. The van der Waals surface area contributed by atoms with E-state index in [1.807, 2.05) is 37.3 Å². The minimum absolute atomic E-state index is 0.263. The van der Waals surface area contributed by atoms with Crippen LogP contribution in [0.25, 0.3) is 0 Å². The summed E-state index contributed by atoms with van der Waals surface area (Å²) in [4.78, 5) is 11.2. The molecule has 138 valence electrons. The number of thiazole rings is 1. The van der Waals surface area contributed by atoms with Gasteiger partial charge in [-0.2, -0.15) is 0 Å². The maximum atomic E-state index is 5.61. The summed E-state index contributed by atoms with van der Waals surface area (Å²) in [5, 5.41) is 16.7. The summed E-state index contributed by atoms with van der Waals surface area (Å²) in [5.41, 5.74) is 2.28. The Morgan fingerprint density at radius 1 is 1.30 bits per heavy atom. The minimum Gasteiger partial charge on any atom is -0.389 e. The summed E-state index contributed by atoms with van der Waals surface area (Å²) in [7, 11) is 1.76. The van der Waals surface area contributed by atoms with Crippen LogP contribution < -0.4 is 0 Å². The minimum atomic E-state index is 0.263. The molecule has 0 unspecified atom stereocenters. The van der Waals surface area contributed by atoms with E-state index < -0.39 is 0 Å². The Kier molecular flexibility index (Phi) is 6.28. The van der Waals surface area contributed by atoms with Crippen LogP contribution in [0.4, 0.5) is 0 Å². The van der Waals surface area contributed by atoms with Crippen LogP contribution in [0.1, 0.15) is 46.7 Å². The molecule has 0 amide bonds. The Morgan fingerprint density at radius 3 is 2.81 bits per heavy atom. The van der Waals surface area contributed by atoms with Gasteiger partial charge in [0.15, 0.2) is 17.3 Å². The molecule has 0 N–H and O–H groups in total. The number of oxime groups is 1. The summed E-state index contributed by atoms with van der Waals surface area (Å²) in [6, 6.07) is 9.68. The quantitative estimate of drug-likeness (QED) is 0.373. The van der Waals surface area contributed by atoms with Crippen molar-refractivity contribution in [3.63, 3.8) is 0 Å². The van der Waals surface area contributed by atoms with Crippen LogP contribution in [0, 0.1) is 18.8 Å². The number of benzene rings is 1. The van der Waals surface area contributed by atoms with Crippen molar-refractivity contribution < 1.29 is 4.84 Å². The van der Waals surface area contributed by atoms with E-state index >= 15 is 0 Å². The van der Waals surface area contributed by atoms with Gasteiger partial charge in [-0.25, -0.2) is 9.67 Å². The van der Waals surface area contributed by atoms with Gasteiger partial charge in [-0.1, -0.05) is 48.3 Å². The number of nitrogens with zero attached hydrogens (tertiary/aromatic N) is 6. The van der Waals surface area contributed by atoms with Gasteiger partial charge >= 0.3 is 0 Å². The molecular weight excluding hydrogens is 360 g/mol. The van der Waals surface area contributed by atoms with Crippen molar-refractivity contribution in [2.45, 2.75) is 33.3 Å². The van der Waals surface area contributed by atoms with Gasteiger partial charge in [0.25, 0.3) is 0 Å². The molecule has 1 aromatic carbocycles. The second kappa shape index (κ2) is 9.05. The van der Waals surface area contributed by atoms with Crippen LogP contribution in [0.3, 0.4) is 0 Å². The Morgan fingerprint density at radius 2 is 2.11 bits per heavy atom. The van der Waals surface area contributed by atoms with Gasteiger partial charge in [-0.15, -0.1) is 16.4 Å². The van der Waals surface area contributed by atoms with Gasteiger partial charge in [0.2, 0.25) is 5.82 Å². The summed E-state index contributed by atoms with van der Waals surface area (Å²) < 4.78 is 1.56. The van der Waals surface area contributed by atoms with Crippen molar-refractivity contribution in [3.8, 4) is 11.8 Å². The van der Waals surface area contributed by atoms with Gasteiger partial charge in [0.05, 0.1) is 5.69 Å². The van der Waals surface area contributed by atoms with Crippen LogP contribution in [0.15, 0.2) is 35.5 Å². The summed E-state index contributed by atoms with van der Waals surface area (Å²) in [6.45, 7) is 4.38. The molecule has 0 spiro atoms. The second-order valence-corrected chi connectivity index (χ2v) is 6.98. The standard InChI is InChI=1S/C19H20N6OS/c1-4-5-7-12-17-20-16(14(2)27-17)13-26-22-18(15-10-8-6-9-11-15)19-21-23-24-25(19)3/h6,8-11H,4-5,13H2,1-3H3/b22-18+. The SMILES string of the molecule is CCCC#Cc1nc(CO/N=C(\c2ccccc2)c2nnnn2C)c(C)s1. The maximum Gasteiger partial charge on any atom is 0.204 e. The van der Waals surface area contributed by atoms with E-state index in [1.165, 1.54) is 0 Å². The Labute approximate surface area is 162 Å². The molecule has 0 saturated heterocycles. The molecule has 2 aromatic heterocycles. The van der Waals surface area contributed by atoms with E-state index in [1.54, 1.807) is 23.1 Å². The van der Waals surface area contributed by atoms with Gasteiger partial charge in [-0.05, 0) is 29.7 Å². The van der Waals surface area contributed by atoms with E-state index in [4.69, 9.17) is 4.84 Å². The number of rotatable bonds is 6. The number of hydrogen-bond donors (Lipinski definition) is 0. The molecule has 3 rings (SSSR count). The molecule has 0 fully saturated rings. The lowest BCUT2D eigenvalue weighted by molar-refractivity contribution is 0.128. The molecule has 27 heavy (non-hydrogen) atoms. The molecule has 0 saturated carbocycles. The fourth-order valence-corrected chi connectivity index (χ4v) is 3.08. The van der Waals surface area contributed by atoms with Crippen LogP contribution in [-0.4, -0.2) is 30.9 Å². The fraction of sp³-hybridized carbons (Fsp3) is 0.316. The predicted molar refractivity (Wildman–Crippen MR) is 104 cm³/mol. The molecule has 8 heteroatoms. The average Bonchev–Trinajstić information content (AvgIpc) is 3.25. The maximum absolute atomic E-state index is 5.61. The molecule has 0 aliphatic rings. The lowest BCUT2D eigenvalue weighted by atomic mass is 10.1. The second-order valence-electron chi connectivity index (χ2n) is 5.78. The molecule has 2 heterocycles. The van der Waals surface area contributed by atoms with Gasteiger partial charge in [0, 0.05) is 23.9 Å². The molecule has 0 aliphatic carbocycles. The van der Waals surface area contributed by atoms with E-state index in [2.05, 4.69) is 44.4 Å². The highest BCUT2D eigenvalue weighted by Gasteiger charge is 2.15. The average molecular weight is 380 g/mol. The first-order chi connectivity index (χ1) is 13.2. The predicted octanol–water partition coefficient (Wildman–Crippen LogP) is 3.10. The van der Waals surface area contributed by atoms with E-state index in [0.29, 0.717) is 11.5 Å². The molecule has 0 bridgehead atoms. The van der Waals surface area contributed by atoms with Crippen LogP contribution >= 0.6 is 11.3 Å². The number of aromatic nitrogens is 5. The van der Waals surface area contributed by atoms with Crippen molar-refractivity contribution in [1.29, 1.82) is 0 Å². The van der Waals surface area contributed by atoms with Gasteiger partial charge < -0.3 is 4.84 Å². The first-order valence-electron chi connectivity index (χ1n) is 8.62. The number of tetrazole rings is 1. The zero-order valence-corrected chi connectivity index (χ0v) is 16.3. The summed E-state index contributed by atoms with van der Waals surface area (Å²) >= 11 is 1.57. The number of hydrogen-bond acceptors (Lipinski definition) is 7. The zero-order valence-electron chi connectivity index (χ0n) is 15.5. The third kappa shape index (κ3) is 4.77. The molecule has 3 aromatic rings. The Hall–Kier alpha value is -3.05. The summed E-state index contributed by atoms with van der Waals surface area (Å²) in [6.07, 6.45) is 1.92. The first-order valence-corrected chi connectivity index (χ1v) is 9.44. The third-order valence-electron chi connectivity index (χ3n) is 3.70. The van der Waals surface area contributed by atoms with E-state index in [-0.39, 0.29) is 6.61 Å². The van der Waals surface area contributed by atoms with Gasteiger partial charge in [0.1, 0.15) is 0 Å². The topological polar surface area (TPSA) is 78.1 Å². The van der Waals surface area contributed by atoms with E-state index in [0.717, 1.165) is 34.0 Å². The number of unbranched alkanes of at least 4 members (excludes halogenated alkanes) is 1. The fourth-order valence-electron chi connectivity index (χ4n) is 2.29. The van der Waals surface area contributed by atoms with Crippen molar-refractivity contribution >= 4 is 17.0 Å². The first kappa shape index (κ1) is 18.7. The highest BCUT2D eigenvalue weighted by molar-refractivity contribution is 7.12. The van der Waals surface area contributed by atoms with Crippen LogP contribution in [0.5, 0.6) is 0 Å². The smallest absolute Gasteiger partial charge is 0.204 e. The largest absolute Gasteiger partial charge is 0.389 e. The number of aryl methyl sites for hydroxylation is 2.